The molecular formula is C37H37N3O6S. The van der Waals surface area contributed by atoms with Gasteiger partial charge in [-0.1, -0.05) is 48.9 Å². The molecule has 1 N–H and O–H groups in total. The van der Waals surface area contributed by atoms with Crippen LogP contribution in [0.5, 0.6) is 5.75 Å². The number of ether oxygens (including phenoxy) is 1. The van der Waals surface area contributed by atoms with E-state index in [-0.39, 0.29) is 28.7 Å². The number of nitrogens with one attached hydrogen (secondary N) is 1. The summed E-state index contributed by atoms with van der Waals surface area (Å²) in [6, 6.07) is 23.3. The summed E-state index contributed by atoms with van der Waals surface area (Å²) in [6.45, 7) is 8.44. The first-order chi connectivity index (χ1) is 22.5. The second-order valence-electron chi connectivity index (χ2n) is 13.2. The average Bonchev–Trinajstić information content (AvgIpc) is 3.61. The first-order valence-electron chi connectivity index (χ1n) is 16.0. The van der Waals surface area contributed by atoms with Crippen LogP contribution in [0.4, 0.5) is 4.79 Å². The molecule has 0 atom stereocenters. The normalized spacial score (nSPS) is 15.5. The number of piperidine rings is 1. The van der Waals surface area contributed by atoms with Crippen LogP contribution in [0.25, 0.3) is 32.9 Å². The third-order valence-electron chi connectivity index (χ3n) is 8.71. The predicted octanol–water partition coefficient (Wildman–Crippen LogP) is 7.24. The third-order valence-corrected chi connectivity index (χ3v) is 10.0. The highest BCUT2D eigenvalue weighted by atomic mass is 32.2. The Morgan fingerprint density at radius 3 is 2.45 bits per heavy atom. The number of hydrogen-bond donors (Lipinski definition) is 1. The zero-order valence-electron chi connectivity index (χ0n) is 26.7. The van der Waals surface area contributed by atoms with Crippen molar-refractivity contribution in [3.63, 3.8) is 0 Å². The van der Waals surface area contributed by atoms with Crippen molar-refractivity contribution in [1.29, 1.82) is 0 Å². The second kappa shape index (κ2) is 11.8. The van der Waals surface area contributed by atoms with Gasteiger partial charge in [0.15, 0.2) is 0 Å². The van der Waals surface area contributed by atoms with Crippen LogP contribution in [-0.2, 0) is 27.9 Å². The standard InChI is InChI=1S/C37H37N3O6S/c1-37(2,3)45-36(42)40-30-16-14-24(23-39-18-7-4-8-19-39)20-26(30)21-31(40)28-15-17-32(29-22-38-35(41)34(28)29)46-47(43,44)33-13-9-11-25-10-5-6-12-27(25)33/h5-6,9-17,20-21H,4,7-8,18-19,22-23H2,1-3H3,(H,38,41). The fraction of sp³-hybridized carbons (Fsp3) is 0.297. The highest BCUT2D eigenvalue weighted by Crippen LogP contribution is 2.39. The lowest BCUT2D eigenvalue weighted by Crippen LogP contribution is -2.29. The van der Waals surface area contributed by atoms with Crippen LogP contribution in [0.15, 0.2) is 83.8 Å². The molecule has 0 unspecified atom stereocenters. The first-order valence-corrected chi connectivity index (χ1v) is 17.4. The van der Waals surface area contributed by atoms with Gasteiger partial charge >= 0.3 is 16.2 Å². The van der Waals surface area contributed by atoms with E-state index in [2.05, 4.69) is 16.3 Å². The van der Waals surface area contributed by atoms with Crippen LogP contribution in [0.2, 0.25) is 0 Å². The molecule has 0 radical (unpaired) electrons. The fourth-order valence-electron chi connectivity index (χ4n) is 6.63. The summed E-state index contributed by atoms with van der Waals surface area (Å²) in [4.78, 5) is 29.6. The quantitative estimate of drug-likeness (QED) is 0.193. The number of nitrogens with zero attached hydrogens (tertiary/aromatic N) is 2. The Morgan fingerprint density at radius 2 is 1.66 bits per heavy atom. The average molecular weight is 652 g/mol. The molecule has 3 heterocycles. The molecule has 1 amide bonds. The van der Waals surface area contributed by atoms with Gasteiger partial charge < -0.3 is 14.2 Å². The van der Waals surface area contributed by atoms with Crippen molar-refractivity contribution in [2.75, 3.05) is 13.1 Å². The highest BCUT2D eigenvalue weighted by Gasteiger charge is 2.32. The zero-order valence-corrected chi connectivity index (χ0v) is 27.5. The number of rotatable bonds is 6. The van der Waals surface area contributed by atoms with Crippen molar-refractivity contribution < 1.29 is 26.9 Å². The minimum absolute atomic E-state index is 0.0381. The monoisotopic (exact) mass is 651 g/mol. The third kappa shape index (κ3) is 5.99. The van der Waals surface area contributed by atoms with E-state index in [9.17, 15) is 18.0 Å². The smallest absolute Gasteiger partial charge is 0.419 e. The van der Waals surface area contributed by atoms with Crippen LogP contribution in [0.1, 0.15) is 61.5 Å². The molecule has 9 nitrogen and oxygen atoms in total. The highest BCUT2D eigenvalue weighted by molar-refractivity contribution is 7.87. The van der Waals surface area contributed by atoms with Crippen molar-refractivity contribution >= 4 is 43.8 Å². The molecule has 5 aromatic rings. The lowest BCUT2D eigenvalue weighted by molar-refractivity contribution is 0.0546. The van der Waals surface area contributed by atoms with Crippen molar-refractivity contribution in [1.82, 2.24) is 14.8 Å². The molecule has 10 heteroatoms. The Morgan fingerprint density at radius 1 is 0.894 bits per heavy atom. The number of fused-ring (bicyclic) bond motifs is 3. The Kier molecular flexibility index (Phi) is 7.80. The maximum absolute atomic E-state index is 13.8. The summed E-state index contributed by atoms with van der Waals surface area (Å²) in [6.07, 6.45) is 3.07. The van der Waals surface area contributed by atoms with E-state index in [4.69, 9.17) is 8.92 Å². The molecule has 4 aromatic carbocycles. The molecule has 2 aliphatic heterocycles. The van der Waals surface area contributed by atoms with Crippen LogP contribution in [-0.4, -0.2) is 48.6 Å². The number of amides is 1. The number of benzene rings is 4. The van der Waals surface area contributed by atoms with Gasteiger partial charge in [0, 0.05) is 35.0 Å². The molecular weight excluding hydrogens is 614 g/mol. The first kappa shape index (κ1) is 31.0. The van der Waals surface area contributed by atoms with Gasteiger partial charge in [-0.2, -0.15) is 8.42 Å². The van der Waals surface area contributed by atoms with Crippen LogP contribution in [0, 0.1) is 0 Å². The van der Waals surface area contributed by atoms with Gasteiger partial charge in [-0.05, 0) is 94.1 Å². The SMILES string of the molecule is CC(C)(C)OC(=O)n1c(-c2ccc(OS(=O)(=O)c3cccc4ccccc34)c3c2C(=O)NC3)cc2cc(CN3CCCCC3)ccc21. The zero-order chi connectivity index (χ0) is 32.9. The Hall–Kier alpha value is -4.67. The Balaban J connectivity index is 1.32. The molecule has 0 bridgehead atoms. The van der Waals surface area contributed by atoms with Crippen molar-refractivity contribution in [3.05, 3.63) is 95.6 Å². The number of carbonyl (C=O) groups excluding carboxylic acids is 2. The molecule has 1 fully saturated rings. The number of hydrogen-bond acceptors (Lipinski definition) is 7. The summed E-state index contributed by atoms with van der Waals surface area (Å²) in [5.74, 6) is -0.325. The van der Waals surface area contributed by atoms with E-state index in [1.165, 1.54) is 29.9 Å². The Bertz CT molecular complexity index is 2150. The van der Waals surface area contributed by atoms with Crippen molar-refractivity contribution in [2.24, 2.45) is 0 Å². The van der Waals surface area contributed by atoms with Gasteiger partial charge in [-0.15, -0.1) is 0 Å². The second-order valence-corrected chi connectivity index (χ2v) is 14.8. The molecule has 2 aliphatic rings. The largest absolute Gasteiger partial charge is 0.443 e. The van der Waals surface area contributed by atoms with Gasteiger partial charge in [0.25, 0.3) is 5.91 Å². The molecule has 1 aromatic heterocycles. The van der Waals surface area contributed by atoms with Crippen molar-refractivity contribution in [3.8, 4) is 17.0 Å². The number of carbonyl (C=O) groups is 2. The fourth-order valence-corrected chi connectivity index (χ4v) is 7.81. The molecule has 1 saturated heterocycles. The van der Waals surface area contributed by atoms with E-state index < -0.39 is 21.8 Å². The molecule has 7 rings (SSSR count). The number of likely N-dealkylation sites (tertiary alicyclic amines) is 1. The molecule has 0 spiro atoms. The van der Waals surface area contributed by atoms with E-state index in [1.54, 1.807) is 51.1 Å². The van der Waals surface area contributed by atoms with E-state index in [1.807, 2.05) is 36.4 Å². The molecule has 242 valence electrons. The minimum atomic E-state index is -4.26. The molecule has 47 heavy (non-hydrogen) atoms. The van der Waals surface area contributed by atoms with Crippen LogP contribution < -0.4 is 9.50 Å². The van der Waals surface area contributed by atoms with Gasteiger partial charge in [-0.25, -0.2) is 9.36 Å². The lowest BCUT2D eigenvalue weighted by Gasteiger charge is -2.26. The summed E-state index contributed by atoms with van der Waals surface area (Å²) >= 11 is 0. The van der Waals surface area contributed by atoms with E-state index >= 15 is 0 Å². The topological polar surface area (TPSA) is 107 Å². The molecule has 0 saturated carbocycles. The predicted molar refractivity (Wildman–Crippen MR) is 181 cm³/mol. The maximum atomic E-state index is 13.8. The Labute approximate surface area is 274 Å². The lowest BCUT2D eigenvalue weighted by atomic mass is 9.99. The van der Waals surface area contributed by atoms with E-state index in [0.717, 1.165) is 36.0 Å². The van der Waals surface area contributed by atoms with Gasteiger partial charge in [-0.3, -0.25) is 9.69 Å². The van der Waals surface area contributed by atoms with Crippen molar-refractivity contribution in [2.45, 2.75) is 63.6 Å². The van der Waals surface area contributed by atoms with Crippen LogP contribution in [0.3, 0.4) is 0 Å². The van der Waals surface area contributed by atoms with Gasteiger partial charge in [0.2, 0.25) is 0 Å². The summed E-state index contributed by atoms with van der Waals surface area (Å²) in [7, 11) is -4.26. The number of aromatic nitrogens is 1. The summed E-state index contributed by atoms with van der Waals surface area (Å²) < 4.78 is 40.3. The summed E-state index contributed by atoms with van der Waals surface area (Å²) in [5, 5.41) is 4.97. The maximum Gasteiger partial charge on any atom is 0.419 e. The summed E-state index contributed by atoms with van der Waals surface area (Å²) in [5.41, 5.74) is 2.65. The molecule has 0 aliphatic carbocycles. The van der Waals surface area contributed by atoms with Gasteiger partial charge in [0.1, 0.15) is 16.2 Å². The minimum Gasteiger partial charge on any atom is -0.443 e. The van der Waals surface area contributed by atoms with E-state index in [0.29, 0.717) is 27.7 Å². The van der Waals surface area contributed by atoms with Gasteiger partial charge in [0.05, 0.1) is 16.8 Å². The van der Waals surface area contributed by atoms with Crippen LogP contribution >= 0.6 is 0 Å².